The molecule has 3 heteroatoms. The average molecular weight is 243 g/mol. The van der Waals surface area contributed by atoms with Gasteiger partial charge in [0.15, 0.2) is 0 Å². The number of nitrogens with zero attached hydrogens (tertiary/aromatic N) is 2. The fourth-order valence-electron chi connectivity index (χ4n) is 1.70. The zero-order valence-corrected chi connectivity index (χ0v) is 11.6. The third-order valence-corrected chi connectivity index (χ3v) is 2.37. The first-order valence-corrected chi connectivity index (χ1v) is 6.60. The van der Waals surface area contributed by atoms with Crippen LogP contribution in [0.5, 0.6) is 0 Å². The van der Waals surface area contributed by atoms with Gasteiger partial charge in [-0.2, -0.15) is 0 Å². The Balaban J connectivity index is 0.000000371. The number of allylic oxidation sites excluding steroid dienone is 1. The van der Waals surface area contributed by atoms with Gasteiger partial charge < -0.3 is 4.98 Å². The summed E-state index contributed by atoms with van der Waals surface area (Å²) in [6.45, 7) is 8.00. The number of hydrogen-bond donors (Lipinski definition) is 1. The molecule has 3 nitrogen and oxygen atoms in total. The Kier molecular flexibility index (Phi) is 5.85. The van der Waals surface area contributed by atoms with E-state index in [0.717, 1.165) is 28.7 Å². The second-order valence-electron chi connectivity index (χ2n) is 3.26. The maximum absolute atomic E-state index is 4.35. The molecule has 1 aliphatic heterocycles. The molecule has 0 spiro atoms. The number of pyridine rings is 1. The summed E-state index contributed by atoms with van der Waals surface area (Å²) in [5, 5.41) is 1.14. The van der Waals surface area contributed by atoms with Crippen LogP contribution in [0.25, 0.3) is 17.0 Å². The molecule has 0 radical (unpaired) electrons. The van der Waals surface area contributed by atoms with Crippen LogP contribution in [0.3, 0.4) is 0 Å². The maximum atomic E-state index is 4.35. The van der Waals surface area contributed by atoms with Crippen molar-refractivity contribution < 1.29 is 0 Å². The fraction of sp³-hybridized carbons (Fsp3) is 0.333. The normalized spacial score (nSPS) is 11.8. The standard InChI is InChI=1S/C11H9N3.2C2H6/c1-2-5-13-11-8(3-1)9-7-12-6-4-10(9)14-11;2*1-2/h1,3-7,14H,2H2;2*1-2H3. The van der Waals surface area contributed by atoms with E-state index in [1.54, 1.807) is 6.20 Å². The summed E-state index contributed by atoms with van der Waals surface area (Å²) < 4.78 is 0. The first kappa shape index (κ1) is 14.2. The molecule has 0 aromatic carbocycles. The largest absolute Gasteiger partial charge is 0.339 e. The van der Waals surface area contributed by atoms with Crippen molar-refractivity contribution in [3.05, 3.63) is 30.1 Å². The minimum Gasteiger partial charge on any atom is -0.339 e. The van der Waals surface area contributed by atoms with E-state index < -0.39 is 0 Å². The fourth-order valence-corrected chi connectivity index (χ4v) is 1.70. The SMILES string of the molecule is C1=Cc2c([nH]c3ccncc23)N=CC1.CC.CC. The molecule has 3 rings (SSSR count). The van der Waals surface area contributed by atoms with Crippen LogP contribution in [0.1, 0.15) is 39.7 Å². The molecule has 1 N–H and O–H groups in total. The predicted molar refractivity (Wildman–Crippen MR) is 80.6 cm³/mol. The smallest absolute Gasteiger partial charge is 0.137 e. The van der Waals surface area contributed by atoms with Crippen LogP contribution in [-0.2, 0) is 0 Å². The number of fused-ring (bicyclic) bond motifs is 3. The number of rotatable bonds is 0. The van der Waals surface area contributed by atoms with Gasteiger partial charge >= 0.3 is 0 Å². The lowest BCUT2D eigenvalue weighted by Crippen LogP contribution is -1.71. The molecule has 0 saturated heterocycles. The molecular formula is C15H21N3. The molecule has 2 aromatic heterocycles. The van der Waals surface area contributed by atoms with Crippen molar-refractivity contribution in [1.82, 2.24) is 9.97 Å². The molecule has 0 bridgehead atoms. The van der Waals surface area contributed by atoms with Gasteiger partial charge in [0.05, 0.1) is 5.52 Å². The summed E-state index contributed by atoms with van der Waals surface area (Å²) in [6, 6.07) is 1.97. The Labute approximate surface area is 109 Å². The highest BCUT2D eigenvalue weighted by Crippen LogP contribution is 2.29. The molecule has 0 aliphatic carbocycles. The molecule has 18 heavy (non-hydrogen) atoms. The van der Waals surface area contributed by atoms with Crippen molar-refractivity contribution in [2.24, 2.45) is 4.99 Å². The van der Waals surface area contributed by atoms with Gasteiger partial charge in [-0.15, -0.1) is 0 Å². The molecule has 96 valence electrons. The maximum Gasteiger partial charge on any atom is 0.137 e. The van der Waals surface area contributed by atoms with Crippen molar-refractivity contribution in [2.45, 2.75) is 34.1 Å². The van der Waals surface area contributed by atoms with Crippen LogP contribution in [0.15, 0.2) is 29.5 Å². The van der Waals surface area contributed by atoms with Gasteiger partial charge in [0.2, 0.25) is 0 Å². The van der Waals surface area contributed by atoms with E-state index in [-0.39, 0.29) is 0 Å². The third kappa shape index (κ3) is 2.86. The molecule has 2 aromatic rings. The zero-order chi connectivity index (χ0) is 13.4. The topological polar surface area (TPSA) is 41.0 Å². The van der Waals surface area contributed by atoms with E-state index in [4.69, 9.17) is 0 Å². The summed E-state index contributed by atoms with van der Waals surface area (Å²) in [6.07, 6.45) is 10.7. The van der Waals surface area contributed by atoms with E-state index in [0.29, 0.717) is 0 Å². The van der Waals surface area contributed by atoms with E-state index >= 15 is 0 Å². The molecule has 0 atom stereocenters. The minimum absolute atomic E-state index is 0.893. The summed E-state index contributed by atoms with van der Waals surface area (Å²) in [4.78, 5) is 11.7. The Morgan fingerprint density at radius 1 is 1.17 bits per heavy atom. The van der Waals surface area contributed by atoms with Crippen molar-refractivity contribution in [3.63, 3.8) is 0 Å². The first-order valence-electron chi connectivity index (χ1n) is 6.60. The summed E-state index contributed by atoms with van der Waals surface area (Å²) in [5.41, 5.74) is 2.23. The van der Waals surface area contributed by atoms with Crippen LogP contribution < -0.4 is 0 Å². The van der Waals surface area contributed by atoms with Crippen LogP contribution in [0.4, 0.5) is 5.82 Å². The van der Waals surface area contributed by atoms with Gasteiger partial charge in [-0.1, -0.05) is 39.8 Å². The van der Waals surface area contributed by atoms with Gasteiger partial charge in [0.25, 0.3) is 0 Å². The number of H-pyrrole nitrogens is 1. The summed E-state index contributed by atoms with van der Waals surface area (Å²) in [7, 11) is 0. The summed E-state index contributed by atoms with van der Waals surface area (Å²) >= 11 is 0. The van der Waals surface area contributed by atoms with E-state index in [9.17, 15) is 0 Å². The quantitative estimate of drug-likeness (QED) is 0.713. The zero-order valence-electron chi connectivity index (χ0n) is 11.6. The highest BCUT2D eigenvalue weighted by molar-refractivity contribution is 5.95. The number of hydrogen-bond acceptors (Lipinski definition) is 2. The van der Waals surface area contributed by atoms with Crippen LogP contribution in [0.2, 0.25) is 0 Å². The first-order chi connectivity index (χ1) is 8.95. The highest BCUT2D eigenvalue weighted by atomic mass is 14.9. The van der Waals surface area contributed by atoms with Crippen molar-refractivity contribution in [1.29, 1.82) is 0 Å². The molecule has 0 fully saturated rings. The number of aliphatic imine (C=N–C) groups is 1. The lowest BCUT2D eigenvalue weighted by atomic mass is 10.2. The van der Waals surface area contributed by atoms with E-state index in [1.807, 2.05) is 46.2 Å². The minimum atomic E-state index is 0.893. The Bertz CT molecular complexity index is 536. The molecule has 0 unspecified atom stereocenters. The highest BCUT2D eigenvalue weighted by Gasteiger charge is 2.08. The van der Waals surface area contributed by atoms with Crippen LogP contribution in [0, 0.1) is 0 Å². The molecule has 3 heterocycles. The van der Waals surface area contributed by atoms with Crippen LogP contribution in [-0.4, -0.2) is 16.2 Å². The Morgan fingerprint density at radius 3 is 2.72 bits per heavy atom. The third-order valence-electron chi connectivity index (χ3n) is 2.37. The molecular weight excluding hydrogens is 222 g/mol. The van der Waals surface area contributed by atoms with Gasteiger partial charge in [0, 0.05) is 36.0 Å². The van der Waals surface area contributed by atoms with Gasteiger partial charge in [-0.3, -0.25) is 4.98 Å². The average Bonchev–Trinajstić information content (AvgIpc) is 2.65. The molecule has 0 amide bonds. The predicted octanol–water partition coefficient (Wildman–Crippen LogP) is 4.73. The second kappa shape index (κ2) is 7.43. The monoisotopic (exact) mass is 243 g/mol. The number of aromatic nitrogens is 2. The number of nitrogens with one attached hydrogen (secondary N) is 1. The summed E-state index contributed by atoms with van der Waals surface area (Å²) in [5.74, 6) is 0.932. The van der Waals surface area contributed by atoms with Gasteiger partial charge in [-0.05, 0) is 6.07 Å². The Hall–Kier alpha value is -1.90. The Morgan fingerprint density at radius 2 is 1.94 bits per heavy atom. The van der Waals surface area contributed by atoms with Crippen molar-refractivity contribution in [3.8, 4) is 0 Å². The molecule has 1 aliphatic rings. The van der Waals surface area contributed by atoms with Crippen molar-refractivity contribution >= 4 is 29.0 Å². The second-order valence-corrected chi connectivity index (χ2v) is 3.26. The number of aromatic amines is 1. The van der Waals surface area contributed by atoms with Gasteiger partial charge in [0.1, 0.15) is 5.82 Å². The van der Waals surface area contributed by atoms with Crippen molar-refractivity contribution in [2.75, 3.05) is 0 Å². The van der Waals surface area contributed by atoms with Gasteiger partial charge in [-0.25, -0.2) is 4.99 Å². The van der Waals surface area contributed by atoms with Crippen LogP contribution >= 0.6 is 0 Å². The van der Waals surface area contributed by atoms with E-state index in [1.165, 1.54) is 0 Å². The lowest BCUT2D eigenvalue weighted by molar-refractivity contribution is 1.34. The van der Waals surface area contributed by atoms with E-state index in [2.05, 4.69) is 27.1 Å². The molecule has 0 saturated carbocycles. The lowest BCUT2D eigenvalue weighted by Gasteiger charge is -1.89.